The normalized spacial score (nSPS) is 14.3. The maximum atomic E-state index is 13.5. The van der Waals surface area contributed by atoms with Crippen molar-refractivity contribution in [1.82, 2.24) is 20.0 Å². The van der Waals surface area contributed by atoms with Crippen LogP contribution in [0.1, 0.15) is 49.9 Å². The molecule has 2 aromatic heterocycles. The molecule has 0 unspecified atom stereocenters. The van der Waals surface area contributed by atoms with E-state index in [0.717, 1.165) is 33.2 Å². The predicted molar refractivity (Wildman–Crippen MR) is 132 cm³/mol. The summed E-state index contributed by atoms with van der Waals surface area (Å²) in [5.41, 5.74) is 6.85. The number of aromatic nitrogens is 4. The first-order chi connectivity index (χ1) is 16.5. The Bertz CT molecular complexity index is 1410. The number of amides is 1. The second-order valence-electron chi connectivity index (χ2n) is 8.31. The Morgan fingerprint density at radius 3 is 2.82 bits per heavy atom. The van der Waals surface area contributed by atoms with Gasteiger partial charge in [-0.25, -0.2) is 0 Å². The van der Waals surface area contributed by atoms with Gasteiger partial charge in [-0.3, -0.25) is 14.8 Å². The highest BCUT2D eigenvalue weighted by atomic mass is 32.1. The lowest BCUT2D eigenvalue weighted by molar-refractivity contribution is -0.112. The monoisotopic (exact) mass is 475 g/mol. The molecule has 0 saturated heterocycles. The van der Waals surface area contributed by atoms with E-state index >= 15 is 0 Å². The van der Waals surface area contributed by atoms with Crippen LogP contribution in [0, 0.1) is 0 Å². The van der Waals surface area contributed by atoms with Gasteiger partial charge in [-0.1, -0.05) is 18.3 Å². The zero-order valence-corrected chi connectivity index (χ0v) is 20.3. The minimum atomic E-state index is -0.214. The number of hydrogen-bond donors (Lipinski definition) is 1. The average molecular weight is 476 g/mol. The van der Waals surface area contributed by atoms with Crippen LogP contribution in [0.3, 0.4) is 0 Å². The van der Waals surface area contributed by atoms with E-state index in [2.05, 4.69) is 46.6 Å². The molecule has 1 amide bonds. The number of anilines is 1. The second kappa shape index (κ2) is 8.90. The van der Waals surface area contributed by atoms with Crippen LogP contribution in [0.5, 0.6) is 11.5 Å². The van der Waals surface area contributed by atoms with Gasteiger partial charge in [0.15, 0.2) is 0 Å². The summed E-state index contributed by atoms with van der Waals surface area (Å²) in [5, 5.41) is 16.7. The molecule has 8 nitrogen and oxygen atoms in total. The summed E-state index contributed by atoms with van der Waals surface area (Å²) in [7, 11) is 1.63. The Labute approximate surface area is 201 Å². The number of hydrogen-bond acceptors (Lipinski definition) is 7. The van der Waals surface area contributed by atoms with Crippen LogP contribution in [-0.2, 0) is 11.4 Å². The molecule has 0 fully saturated rings. The van der Waals surface area contributed by atoms with Crippen LogP contribution in [-0.4, -0.2) is 33.0 Å². The van der Waals surface area contributed by atoms with Gasteiger partial charge in [-0.05, 0) is 61.7 Å². The SMILES string of the molecule is CC/C(C(=O)Nc1nncs1)=C1\c2cc3cnn(C(C)C)c3cc2COc2ccc(OC)cc21. The quantitative estimate of drug-likeness (QED) is 0.398. The first kappa shape index (κ1) is 22.1. The topological polar surface area (TPSA) is 91.2 Å². The summed E-state index contributed by atoms with van der Waals surface area (Å²) >= 11 is 1.28. The van der Waals surface area contributed by atoms with Crippen LogP contribution >= 0.6 is 11.3 Å². The number of carbonyl (C=O) groups is 1. The largest absolute Gasteiger partial charge is 0.497 e. The molecule has 3 heterocycles. The van der Waals surface area contributed by atoms with E-state index in [-0.39, 0.29) is 11.9 Å². The molecular weight excluding hydrogens is 450 g/mol. The van der Waals surface area contributed by atoms with E-state index in [4.69, 9.17) is 9.47 Å². The van der Waals surface area contributed by atoms with Gasteiger partial charge in [-0.2, -0.15) is 5.10 Å². The summed E-state index contributed by atoms with van der Waals surface area (Å²) in [6.07, 6.45) is 2.39. The summed E-state index contributed by atoms with van der Waals surface area (Å²) in [4.78, 5) is 13.5. The third kappa shape index (κ3) is 3.81. The van der Waals surface area contributed by atoms with Crippen molar-refractivity contribution in [3.8, 4) is 11.5 Å². The van der Waals surface area contributed by atoms with Crippen molar-refractivity contribution in [3.05, 3.63) is 64.3 Å². The molecular formula is C25H25N5O3S. The van der Waals surface area contributed by atoms with E-state index in [9.17, 15) is 4.79 Å². The first-order valence-electron chi connectivity index (χ1n) is 11.1. The second-order valence-corrected chi connectivity index (χ2v) is 9.14. The van der Waals surface area contributed by atoms with Crippen LogP contribution < -0.4 is 14.8 Å². The van der Waals surface area contributed by atoms with Crippen LogP contribution in [0.2, 0.25) is 0 Å². The van der Waals surface area contributed by atoms with Crippen LogP contribution in [0.15, 0.2) is 47.6 Å². The molecule has 0 spiro atoms. The van der Waals surface area contributed by atoms with Gasteiger partial charge in [0, 0.05) is 28.1 Å². The van der Waals surface area contributed by atoms with Gasteiger partial charge in [0.25, 0.3) is 5.91 Å². The molecule has 0 bridgehead atoms. The number of carbonyl (C=O) groups excluding carboxylic acids is 1. The Morgan fingerprint density at radius 2 is 2.12 bits per heavy atom. The summed E-state index contributed by atoms with van der Waals surface area (Å²) in [6, 6.07) is 10.1. The Hall–Kier alpha value is -3.72. The molecule has 2 aromatic carbocycles. The van der Waals surface area contributed by atoms with Crippen LogP contribution in [0.4, 0.5) is 5.13 Å². The molecule has 174 valence electrons. The molecule has 0 aliphatic carbocycles. The van der Waals surface area contributed by atoms with Crippen LogP contribution in [0.25, 0.3) is 16.5 Å². The lowest BCUT2D eigenvalue weighted by Crippen LogP contribution is -2.16. The number of nitrogens with zero attached hydrogens (tertiary/aromatic N) is 4. The van der Waals surface area contributed by atoms with Gasteiger partial charge < -0.3 is 9.47 Å². The Morgan fingerprint density at radius 1 is 1.26 bits per heavy atom. The van der Waals surface area contributed by atoms with E-state index in [0.29, 0.717) is 35.2 Å². The lowest BCUT2D eigenvalue weighted by Gasteiger charge is -2.17. The standard InChI is InChI=1S/C25H25N5O3S/c1-5-18(24(31)28-25-29-26-13-34-25)23-19-8-15-11-27-30(14(2)3)21(15)9-16(19)12-33-22-7-6-17(32-4)10-20(22)23/h6-11,13-14H,5,12H2,1-4H3,(H,28,29,31)/b23-18-. The number of rotatable bonds is 5. The third-order valence-electron chi connectivity index (χ3n) is 5.93. The average Bonchev–Trinajstić information content (AvgIpc) is 3.46. The van der Waals surface area contributed by atoms with E-state index in [1.54, 1.807) is 12.6 Å². The summed E-state index contributed by atoms with van der Waals surface area (Å²) in [6.45, 7) is 6.57. The lowest BCUT2D eigenvalue weighted by atomic mass is 9.88. The molecule has 0 radical (unpaired) electrons. The highest BCUT2D eigenvalue weighted by Gasteiger charge is 2.27. The highest BCUT2D eigenvalue weighted by Crippen LogP contribution is 2.42. The molecule has 34 heavy (non-hydrogen) atoms. The minimum absolute atomic E-state index is 0.214. The zero-order valence-electron chi connectivity index (χ0n) is 19.5. The number of benzene rings is 2. The maximum Gasteiger partial charge on any atom is 0.254 e. The van der Waals surface area contributed by atoms with E-state index < -0.39 is 0 Å². The smallest absolute Gasteiger partial charge is 0.254 e. The molecule has 0 atom stereocenters. The fourth-order valence-corrected chi connectivity index (χ4v) is 4.77. The van der Waals surface area contributed by atoms with Gasteiger partial charge >= 0.3 is 0 Å². The molecule has 1 aliphatic heterocycles. The number of ether oxygens (including phenoxy) is 2. The van der Waals surface area contributed by atoms with Gasteiger partial charge in [0.05, 0.1) is 18.8 Å². The Balaban J connectivity index is 1.78. The number of methoxy groups -OCH3 is 1. The number of nitrogens with one attached hydrogen (secondary N) is 1. The fraction of sp³-hybridized carbons (Fsp3) is 0.280. The van der Waals surface area contributed by atoms with E-state index in [1.165, 1.54) is 11.3 Å². The van der Waals surface area contributed by atoms with Gasteiger partial charge in [0.1, 0.15) is 23.6 Å². The highest BCUT2D eigenvalue weighted by molar-refractivity contribution is 7.13. The van der Waals surface area contributed by atoms with Crippen molar-refractivity contribution in [1.29, 1.82) is 0 Å². The predicted octanol–water partition coefficient (Wildman–Crippen LogP) is 5.22. The van der Waals surface area contributed by atoms with Crippen molar-refractivity contribution in [2.24, 2.45) is 0 Å². The molecule has 4 aromatic rings. The Kier molecular flexibility index (Phi) is 5.79. The number of fused-ring (bicyclic) bond motifs is 3. The van der Waals surface area contributed by atoms with Crippen molar-refractivity contribution >= 4 is 38.9 Å². The fourth-order valence-electron chi connectivity index (χ4n) is 4.33. The molecule has 9 heteroatoms. The van der Waals surface area contributed by atoms with Crippen molar-refractivity contribution in [3.63, 3.8) is 0 Å². The van der Waals surface area contributed by atoms with Gasteiger partial charge in [-0.15, -0.1) is 10.2 Å². The first-order valence-corrected chi connectivity index (χ1v) is 12.0. The maximum absolute atomic E-state index is 13.5. The van der Waals surface area contributed by atoms with E-state index in [1.807, 2.05) is 36.0 Å². The third-order valence-corrected chi connectivity index (χ3v) is 6.53. The van der Waals surface area contributed by atoms with Crippen molar-refractivity contribution < 1.29 is 14.3 Å². The molecule has 0 saturated carbocycles. The zero-order chi connectivity index (χ0) is 23.8. The molecule has 1 aliphatic rings. The van der Waals surface area contributed by atoms with Gasteiger partial charge in [0.2, 0.25) is 5.13 Å². The summed E-state index contributed by atoms with van der Waals surface area (Å²) in [5.74, 6) is 1.18. The van der Waals surface area contributed by atoms with Crippen molar-refractivity contribution in [2.75, 3.05) is 12.4 Å². The summed E-state index contributed by atoms with van der Waals surface area (Å²) < 4.78 is 13.8. The minimum Gasteiger partial charge on any atom is -0.497 e. The van der Waals surface area contributed by atoms with Crippen molar-refractivity contribution in [2.45, 2.75) is 39.8 Å². The molecule has 5 rings (SSSR count). The molecule has 1 N–H and O–H groups in total.